The molecule has 0 bridgehead atoms. The van der Waals surface area contributed by atoms with Crippen molar-refractivity contribution in [3.8, 4) is 0 Å². The third-order valence-corrected chi connectivity index (χ3v) is 4.16. The molecule has 0 saturated carbocycles. The molecule has 20 heavy (non-hydrogen) atoms. The minimum Gasteiger partial charge on any atom is -0.353 e. The van der Waals surface area contributed by atoms with Gasteiger partial charge in [-0.2, -0.15) is 0 Å². The normalized spacial score (nSPS) is 12.9. The molecule has 3 nitrogen and oxygen atoms in total. The van der Waals surface area contributed by atoms with Crippen LogP contribution in [0.3, 0.4) is 0 Å². The molecule has 1 unspecified atom stereocenters. The molecule has 1 atom stereocenters. The number of hydrogen-bond donors (Lipinski definition) is 1. The largest absolute Gasteiger partial charge is 0.353 e. The van der Waals surface area contributed by atoms with Crippen LogP contribution in [-0.2, 0) is 13.0 Å². The lowest BCUT2D eigenvalue weighted by molar-refractivity contribution is 0.524. The number of anilines is 1. The van der Waals surface area contributed by atoms with E-state index in [0.717, 1.165) is 24.6 Å². The van der Waals surface area contributed by atoms with Crippen LogP contribution in [0.5, 0.6) is 0 Å². The zero-order valence-corrected chi connectivity index (χ0v) is 13.9. The van der Waals surface area contributed by atoms with E-state index < -0.39 is 0 Å². The highest BCUT2D eigenvalue weighted by atomic mass is 32.1. The number of nitrogens with one attached hydrogen (secondary N) is 1. The second kappa shape index (κ2) is 6.44. The molecule has 0 amide bonds. The van der Waals surface area contributed by atoms with Crippen LogP contribution < -0.4 is 5.32 Å². The second-order valence-corrected chi connectivity index (χ2v) is 7.39. The van der Waals surface area contributed by atoms with Crippen molar-refractivity contribution in [2.24, 2.45) is 5.92 Å². The first-order chi connectivity index (χ1) is 9.44. The molecular weight excluding hydrogens is 266 g/mol. The Kier molecular flexibility index (Phi) is 4.86. The van der Waals surface area contributed by atoms with Gasteiger partial charge in [-0.15, -0.1) is 11.3 Å². The SMILES string of the molecule is Cc1cn(CC(C)C)c(NC(C)Cc2ccc(C)s2)n1. The lowest BCUT2D eigenvalue weighted by Gasteiger charge is -2.16. The summed E-state index contributed by atoms with van der Waals surface area (Å²) in [5, 5.41) is 3.55. The fourth-order valence-electron chi connectivity index (χ4n) is 2.36. The number of aromatic nitrogens is 2. The van der Waals surface area contributed by atoms with Crippen LogP contribution in [0.2, 0.25) is 0 Å². The molecule has 0 fully saturated rings. The lowest BCUT2D eigenvalue weighted by atomic mass is 10.2. The number of thiophene rings is 1. The van der Waals surface area contributed by atoms with E-state index in [9.17, 15) is 0 Å². The Labute approximate surface area is 126 Å². The number of hydrogen-bond acceptors (Lipinski definition) is 3. The Bertz CT molecular complexity index is 554. The highest BCUT2D eigenvalue weighted by Gasteiger charge is 2.11. The first-order valence-corrected chi connectivity index (χ1v) is 8.11. The molecule has 0 aromatic carbocycles. The van der Waals surface area contributed by atoms with Gasteiger partial charge in [0.25, 0.3) is 0 Å². The molecule has 1 N–H and O–H groups in total. The fraction of sp³-hybridized carbons (Fsp3) is 0.562. The maximum atomic E-state index is 4.61. The average molecular weight is 291 g/mol. The molecule has 0 aliphatic carbocycles. The maximum Gasteiger partial charge on any atom is 0.203 e. The van der Waals surface area contributed by atoms with Gasteiger partial charge >= 0.3 is 0 Å². The van der Waals surface area contributed by atoms with Crippen molar-refractivity contribution in [1.29, 1.82) is 0 Å². The van der Waals surface area contributed by atoms with Crippen LogP contribution in [0.15, 0.2) is 18.3 Å². The highest BCUT2D eigenvalue weighted by Crippen LogP contribution is 2.19. The monoisotopic (exact) mass is 291 g/mol. The summed E-state index contributed by atoms with van der Waals surface area (Å²) in [6, 6.07) is 4.81. The molecule has 2 rings (SSSR count). The van der Waals surface area contributed by atoms with Crippen LogP contribution in [0, 0.1) is 19.8 Å². The van der Waals surface area contributed by atoms with Crippen molar-refractivity contribution in [2.75, 3.05) is 5.32 Å². The number of rotatable bonds is 6. The minimum atomic E-state index is 0.390. The summed E-state index contributed by atoms with van der Waals surface area (Å²) in [6.45, 7) is 11.9. The summed E-state index contributed by atoms with van der Waals surface area (Å²) in [4.78, 5) is 7.42. The summed E-state index contributed by atoms with van der Waals surface area (Å²) in [7, 11) is 0. The first-order valence-electron chi connectivity index (χ1n) is 7.29. The van der Waals surface area contributed by atoms with Crippen LogP contribution in [0.4, 0.5) is 5.95 Å². The Hall–Kier alpha value is -1.29. The van der Waals surface area contributed by atoms with Gasteiger partial charge in [-0.05, 0) is 38.8 Å². The number of nitrogens with zero attached hydrogens (tertiary/aromatic N) is 2. The molecule has 2 aromatic rings. The van der Waals surface area contributed by atoms with Gasteiger partial charge in [0.15, 0.2) is 0 Å². The summed E-state index contributed by atoms with van der Waals surface area (Å²) in [5.41, 5.74) is 1.08. The molecule has 0 radical (unpaired) electrons. The Morgan fingerprint density at radius 1 is 1.25 bits per heavy atom. The predicted molar refractivity (Wildman–Crippen MR) is 87.6 cm³/mol. The van der Waals surface area contributed by atoms with Crippen molar-refractivity contribution in [1.82, 2.24) is 9.55 Å². The van der Waals surface area contributed by atoms with Crippen molar-refractivity contribution >= 4 is 17.3 Å². The van der Waals surface area contributed by atoms with E-state index in [2.05, 4.69) is 67.8 Å². The lowest BCUT2D eigenvalue weighted by Crippen LogP contribution is -2.21. The quantitative estimate of drug-likeness (QED) is 0.861. The zero-order valence-electron chi connectivity index (χ0n) is 13.1. The smallest absolute Gasteiger partial charge is 0.203 e. The fourth-order valence-corrected chi connectivity index (χ4v) is 3.38. The summed E-state index contributed by atoms with van der Waals surface area (Å²) in [6.07, 6.45) is 3.18. The molecule has 0 aliphatic rings. The Morgan fingerprint density at radius 3 is 2.60 bits per heavy atom. The first kappa shape index (κ1) is 15.1. The van der Waals surface area contributed by atoms with E-state index >= 15 is 0 Å². The van der Waals surface area contributed by atoms with Gasteiger partial charge in [-0.25, -0.2) is 4.98 Å². The Balaban J connectivity index is 2.01. The van der Waals surface area contributed by atoms with Crippen LogP contribution in [0.25, 0.3) is 0 Å². The highest BCUT2D eigenvalue weighted by molar-refractivity contribution is 7.11. The van der Waals surface area contributed by atoms with Gasteiger partial charge in [-0.3, -0.25) is 0 Å². The summed E-state index contributed by atoms with van der Waals surface area (Å²) in [5.74, 6) is 1.62. The molecule has 0 saturated heterocycles. The van der Waals surface area contributed by atoms with Gasteiger partial charge < -0.3 is 9.88 Å². The summed E-state index contributed by atoms with van der Waals surface area (Å²) < 4.78 is 2.23. The molecule has 2 aromatic heterocycles. The molecular formula is C16H25N3S. The molecule has 2 heterocycles. The van der Waals surface area contributed by atoms with E-state index in [1.54, 1.807) is 0 Å². The topological polar surface area (TPSA) is 29.9 Å². The predicted octanol–water partition coefficient (Wildman–Crippen LogP) is 4.26. The molecule has 0 aliphatic heterocycles. The van der Waals surface area contributed by atoms with Gasteiger partial charge in [-0.1, -0.05) is 13.8 Å². The van der Waals surface area contributed by atoms with E-state index in [0.29, 0.717) is 12.0 Å². The van der Waals surface area contributed by atoms with Gasteiger partial charge in [0.05, 0.1) is 5.69 Å². The van der Waals surface area contributed by atoms with Crippen LogP contribution in [-0.4, -0.2) is 15.6 Å². The zero-order chi connectivity index (χ0) is 14.7. The van der Waals surface area contributed by atoms with Crippen molar-refractivity contribution < 1.29 is 0 Å². The van der Waals surface area contributed by atoms with E-state index in [1.807, 2.05) is 11.3 Å². The number of imidazole rings is 1. The van der Waals surface area contributed by atoms with E-state index in [1.165, 1.54) is 9.75 Å². The van der Waals surface area contributed by atoms with Gasteiger partial charge in [0.2, 0.25) is 5.95 Å². The van der Waals surface area contributed by atoms with E-state index in [-0.39, 0.29) is 0 Å². The standard InChI is InChI=1S/C16H25N3S/c1-11(2)9-19-10-13(4)18-16(19)17-12(3)8-15-7-6-14(5)20-15/h6-7,10-12H,8-9H2,1-5H3,(H,17,18). The minimum absolute atomic E-state index is 0.390. The second-order valence-electron chi connectivity index (χ2n) is 6.01. The molecule has 0 spiro atoms. The Morgan fingerprint density at radius 2 is 2.00 bits per heavy atom. The van der Waals surface area contributed by atoms with Gasteiger partial charge in [0.1, 0.15) is 0 Å². The van der Waals surface area contributed by atoms with Crippen molar-refractivity contribution in [3.63, 3.8) is 0 Å². The number of aryl methyl sites for hydroxylation is 2. The van der Waals surface area contributed by atoms with Crippen molar-refractivity contribution in [2.45, 2.75) is 53.6 Å². The van der Waals surface area contributed by atoms with Gasteiger partial charge in [0, 0.05) is 35.0 Å². The van der Waals surface area contributed by atoms with E-state index in [4.69, 9.17) is 0 Å². The summed E-state index contributed by atoms with van der Waals surface area (Å²) >= 11 is 1.88. The van der Waals surface area contributed by atoms with Crippen molar-refractivity contribution in [3.05, 3.63) is 33.8 Å². The van der Waals surface area contributed by atoms with Crippen LogP contribution in [0.1, 0.15) is 36.2 Å². The molecule has 110 valence electrons. The third kappa shape index (κ3) is 4.10. The van der Waals surface area contributed by atoms with Crippen LogP contribution >= 0.6 is 11.3 Å². The average Bonchev–Trinajstić information content (AvgIpc) is 2.85. The third-order valence-electron chi connectivity index (χ3n) is 3.14. The maximum absolute atomic E-state index is 4.61. The molecule has 4 heteroatoms.